The quantitative estimate of drug-likeness (QED) is 0.894. The number of hydrogen-bond acceptors (Lipinski definition) is 1. The van der Waals surface area contributed by atoms with Crippen LogP contribution in [-0.4, -0.2) is 17.2 Å². The maximum absolute atomic E-state index is 10.8. The van der Waals surface area contributed by atoms with Gasteiger partial charge in [0, 0.05) is 10.5 Å². The topological polar surface area (TPSA) is 49.3 Å². The molecule has 0 aliphatic carbocycles. The predicted molar refractivity (Wildman–Crippen MR) is 72.2 cm³/mol. The molecule has 94 valence electrons. The van der Waals surface area contributed by atoms with Crippen LogP contribution in [0.5, 0.6) is 0 Å². The van der Waals surface area contributed by atoms with Crippen LogP contribution in [0.25, 0.3) is 0 Å². The number of hydrogen-bond donors (Lipinski definition) is 2. The first-order chi connectivity index (χ1) is 7.79. The van der Waals surface area contributed by atoms with E-state index in [4.69, 9.17) is 5.11 Å². The first-order valence-electron chi connectivity index (χ1n) is 5.53. The molecule has 1 aromatic carbocycles. The van der Waals surface area contributed by atoms with E-state index in [0.717, 1.165) is 10.0 Å². The van der Waals surface area contributed by atoms with Crippen LogP contribution >= 0.6 is 15.9 Å². The lowest BCUT2D eigenvalue weighted by atomic mass is 9.83. The minimum Gasteiger partial charge on any atom is -0.465 e. The van der Waals surface area contributed by atoms with Crippen molar-refractivity contribution < 1.29 is 9.90 Å². The van der Waals surface area contributed by atoms with Crippen molar-refractivity contribution in [2.45, 2.75) is 33.2 Å². The second-order valence-corrected chi connectivity index (χ2v) is 6.12. The molecule has 1 unspecified atom stereocenters. The van der Waals surface area contributed by atoms with E-state index in [0.29, 0.717) is 6.42 Å². The number of carboxylic acid groups (broad SMARTS) is 1. The zero-order chi connectivity index (χ0) is 13.1. The van der Waals surface area contributed by atoms with Crippen LogP contribution in [0.4, 0.5) is 4.79 Å². The monoisotopic (exact) mass is 299 g/mol. The lowest BCUT2D eigenvalue weighted by Crippen LogP contribution is -2.44. The summed E-state index contributed by atoms with van der Waals surface area (Å²) in [5.74, 6) is 0. The van der Waals surface area contributed by atoms with Gasteiger partial charge < -0.3 is 10.4 Å². The van der Waals surface area contributed by atoms with Gasteiger partial charge in [0.2, 0.25) is 0 Å². The van der Waals surface area contributed by atoms with Crippen LogP contribution in [0.15, 0.2) is 28.7 Å². The van der Waals surface area contributed by atoms with Gasteiger partial charge in [0.15, 0.2) is 0 Å². The van der Waals surface area contributed by atoms with Crippen LogP contribution in [0, 0.1) is 5.41 Å². The van der Waals surface area contributed by atoms with Crippen molar-refractivity contribution in [3.8, 4) is 0 Å². The fraction of sp³-hybridized carbons (Fsp3) is 0.462. The maximum atomic E-state index is 10.8. The Morgan fingerprint density at radius 3 is 2.59 bits per heavy atom. The third kappa shape index (κ3) is 4.77. The van der Waals surface area contributed by atoms with Crippen LogP contribution in [0.2, 0.25) is 0 Å². The smallest absolute Gasteiger partial charge is 0.404 e. The third-order valence-electron chi connectivity index (χ3n) is 2.67. The second-order valence-electron chi connectivity index (χ2n) is 5.20. The Morgan fingerprint density at radius 1 is 1.47 bits per heavy atom. The molecule has 1 rings (SSSR count). The molecule has 4 heteroatoms. The van der Waals surface area contributed by atoms with E-state index < -0.39 is 6.09 Å². The molecule has 0 aliphatic heterocycles. The van der Waals surface area contributed by atoms with E-state index in [2.05, 4.69) is 21.2 Å². The standard InChI is InChI=1S/C13H18BrNO2/c1-13(2,3)11(15-12(16)17)8-9-5-4-6-10(14)7-9/h4-7,11,15H,8H2,1-3H3,(H,16,17). The molecule has 1 aromatic rings. The fourth-order valence-corrected chi connectivity index (χ4v) is 2.07. The Labute approximate surface area is 110 Å². The number of halogens is 1. The number of carbonyl (C=O) groups is 1. The van der Waals surface area contributed by atoms with Crippen molar-refractivity contribution in [3.05, 3.63) is 34.3 Å². The van der Waals surface area contributed by atoms with E-state index in [1.807, 2.05) is 45.0 Å². The van der Waals surface area contributed by atoms with Crippen molar-refractivity contribution >= 4 is 22.0 Å². The third-order valence-corrected chi connectivity index (χ3v) is 3.17. The molecule has 0 saturated carbocycles. The number of amides is 1. The van der Waals surface area contributed by atoms with Gasteiger partial charge in [-0.3, -0.25) is 0 Å². The Hall–Kier alpha value is -1.03. The zero-order valence-electron chi connectivity index (χ0n) is 10.3. The molecule has 0 fully saturated rings. The van der Waals surface area contributed by atoms with Gasteiger partial charge in [-0.25, -0.2) is 4.79 Å². The van der Waals surface area contributed by atoms with Gasteiger partial charge in [0.25, 0.3) is 0 Å². The van der Waals surface area contributed by atoms with Gasteiger partial charge in [-0.1, -0.05) is 48.8 Å². The minimum atomic E-state index is -0.972. The highest BCUT2D eigenvalue weighted by Gasteiger charge is 2.26. The minimum absolute atomic E-state index is 0.103. The van der Waals surface area contributed by atoms with Crippen LogP contribution < -0.4 is 5.32 Å². The molecule has 0 saturated heterocycles. The second kappa shape index (κ2) is 5.54. The average molecular weight is 300 g/mol. The molecule has 0 aromatic heterocycles. The fourth-order valence-electron chi connectivity index (χ4n) is 1.62. The number of rotatable bonds is 3. The van der Waals surface area contributed by atoms with Gasteiger partial charge in [-0.05, 0) is 29.5 Å². The average Bonchev–Trinajstić information content (AvgIpc) is 2.14. The van der Waals surface area contributed by atoms with E-state index in [1.54, 1.807) is 0 Å². The summed E-state index contributed by atoms with van der Waals surface area (Å²) in [5, 5.41) is 11.4. The largest absolute Gasteiger partial charge is 0.465 e. The lowest BCUT2D eigenvalue weighted by Gasteiger charge is -2.30. The van der Waals surface area contributed by atoms with Gasteiger partial charge in [-0.2, -0.15) is 0 Å². The van der Waals surface area contributed by atoms with Gasteiger partial charge >= 0.3 is 6.09 Å². The summed E-state index contributed by atoms with van der Waals surface area (Å²) in [6, 6.07) is 7.84. The SMILES string of the molecule is CC(C)(C)C(Cc1cccc(Br)c1)NC(=O)O. The normalized spacial score (nSPS) is 13.2. The predicted octanol–water partition coefficient (Wildman–Crippen LogP) is 3.67. The first kappa shape index (κ1) is 14.0. The molecular formula is C13H18BrNO2. The van der Waals surface area contributed by atoms with Crippen molar-refractivity contribution in [2.75, 3.05) is 0 Å². The summed E-state index contributed by atoms with van der Waals surface area (Å²) in [5.41, 5.74) is 1.01. The summed E-state index contributed by atoms with van der Waals surface area (Å²) in [7, 11) is 0. The first-order valence-corrected chi connectivity index (χ1v) is 6.32. The number of benzene rings is 1. The molecule has 0 spiro atoms. The van der Waals surface area contributed by atoms with E-state index >= 15 is 0 Å². The molecule has 1 atom stereocenters. The maximum Gasteiger partial charge on any atom is 0.404 e. The highest BCUT2D eigenvalue weighted by atomic mass is 79.9. The Morgan fingerprint density at radius 2 is 2.12 bits per heavy atom. The van der Waals surface area contributed by atoms with Crippen LogP contribution in [-0.2, 0) is 6.42 Å². The van der Waals surface area contributed by atoms with Gasteiger partial charge in [0.1, 0.15) is 0 Å². The van der Waals surface area contributed by atoms with Crippen LogP contribution in [0.1, 0.15) is 26.3 Å². The van der Waals surface area contributed by atoms with Crippen LogP contribution in [0.3, 0.4) is 0 Å². The molecule has 0 heterocycles. The number of nitrogens with one attached hydrogen (secondary N) is 1. The molecule has 0 bridgehead atoms. The summed E-state index contributed by atoms with van der Waals surface area (Å²) >= 11 is 3.42. The van der Waals surface area contributed by atoms with Crippen molar-refractivity contribution in [2.24, 2.45) is 5.41 Å². The highest BCUT2D eigenvalue weighted by molar-refractivity contribution is 9.10. The van der Waals surface area contributed by atoms with Crippen molar-refractivity contribution in [1.29, 1.82) is 0 Å². The summed E-state index contributed by atoms with van der Waals surface area (Å²) < 4.78 is 1.01. The van der Waals surface area contributed by atoms with Gasteiger partial charge in [0.05, 0.1) is 0 Å². The highest BCUT2D eigenvalue weighted by Crippen LogP contribution is 2.23. The Kier molecular flexibility index (Phi) is 4.57. The summed E-state index contributed by atoms with van der Waals surface area (Å²) in [4.78, 5) is 10.8. The van der Waals surface area contributed by atoms with E-state index in [9.17, 15) is 4.79 Å². The summed E-state index contributed by atoms with van der Waals surface area (Å²) in [6.45, 7) is 6.10. The Bertz CT molecular complexity index is 399. The molecular weight excluding hydrogens is 282 g/mol. The molecule has 1 amide bonds. The summed E-state index contributed by atoms with van der Waals surface area (Å²) in [6.07, 6.45) is -0.283. The van der Waals surface area contributed by atoms with E-state index in [-0.39, 0.29) is 11.5 Å². The van der Waals surface area contributed by atoms with Crippen molar-refractivity contribution in [3.63, 3.8) is 0 Å². The zero-order valence-corrected chi connectivity index (χ0v) is 11.9. The molecule has 3 nitrogen and oxygen atoms in total. The molecule has 17 heavy (non-hydrogen) atoms. The lowest BCUT2D eigenvalue weighted by molar-refractivity contribution is 0.174. The Balaban J connectivity index is 2.83. The molecule has 0 aliphatic rings. The molecule has 2 N–H and O–H groups in total. The van der Waals surface area contributed by atoms with Gasteiger partial charge in [-0.15, -0.1) is 0 Å². The van der Waals surface area contributed by atoms with E-state index in [1.165, 1.54) is 0 Å². The van der Waals surface area contributed by atoms with Crippen molar-refractivity contribution in [1.82, 2.24) is 5.32 Å². The molecule has 0 radical (unpaired) electrons.